The zero-order valence-electron chi connectivity index (χ0n) is 15.1. The Balaban J connectivity index is 2.05. The van der Waals surface area contributed by atoms with Gasteiger partial charge in [0, 0.05) is 12.6 Å². The number of hydrogen-bond donors (Lipinski definition) is 0. The molecular weight excluding hydrogens is 342 g/mol. The van der Waals surface area contributed by atoms with Crippen molar-refractivity contribution in [1.82, 2.24) is 4.90 Å². The maximum Gasteiger partial charge on any atom is 0.338 e. The predicted octanol–water partition coefficient (Wildman–Crippen LogP) is 1.88. The molecule has 1 aliphatic heterocycles. The lowest BCUT2D eigenvalue weighted by atomic mass is 10.1. The monoisotopic (exact) mass is 367 g/mol. The third-order valence-corrected chi connectivity index (χ3v) is 6.40. The van der Waals surface area contributed by atoms with E-state index >= 15 is 0 Å². The van der Waals surface area contributed by atoms with Crippen LogP contribution in [0, 0.1) is 13.8 Å². The summed E-state index contributed by atoms with van der Waals surface area (Å²) in [4.78, 5) is 26.4. The van der Waals surface area contributed by atoms with Gasteiger partial charge in [0.2, 0.25) is 0 Å². The lowest BCUT2D eigenvalue weighted by Crippen LogP contribution is -2.46. The van der Waals surface area contributed by atoms with Crippen LogP contribution in [0.5, 0.6) is 0 Å². The zero-order valence-corrected chi connectivity index (χ0v) is 15.9. The minimum Gasteiger partial charge on any atom is -0.449 e. The quantitative estimate of drug-likeness (QED) is 0.743. The Bertz CT molecular complexity index is 772. The van der Waals surface area contributed by atoms with E-state index in [1.54, 1.807) is 19.1 Å². The second-order valence-corrected chi connectivity index (χ2v) is 8.76. The number of ether oxygens (including phenoxy) is 1. The van der Waals surface area contributed by atoms with Gasteiger partial charge in [0.05, 0.1) is 17.1 Å². The molecule has 25 heavy (non-hydrogen) atoms. The Labute approximate surface area is 149 Å². The summed E-state index contributed by atoms with van der Waals surface area (Å²) in [6.07, 6.45) is -0.530. The number of sulfone groups is 1. The highest BCUT2D eigenvalue weighted by Crippen LogP contribution is 2.19. The molecule has 1 heterocycles. The van der Waals surface area contributed by atoms with Crippen LogP contribution in [0.3, 0.4) is 0 Å². The van der Waals surface area contributed by atoms with Gasteiger partial charge >= 0.3 is 5.97 Å². The zero-order chi connectivity index (χ0) is 18.8. The molecule has 0 radical (unpaired) electrons. The van der Waals surface area contributed by atoms with Gasteiger partial charge in [-0.1, -0.05) is 6.07 Å². The molecule has 0 N–H and O–H groups in total. The van der Waals surface area contributed by atoms with Crippen LogP contribution in [0.15, 0.2) is 18.2 Å². The van der Waals surface area contributed by atoms with E-state index in [-0.39, 0.29) is 23.5 Å². The van der Waals surface area contributed by atoms with Crippen LogP contribution < -0.4 is 0 Å². The normalized spacial score (nSPS) is 20.1. The maximum absolute atomic E-state index is 12.6. The predicted molar refractivity (Wildman–Crippen MR) is 95.2 cm³/mol. The first-order chi connectivity index (χ1) is 11.6. The molecule has 2 unspecified atom stereocenters. The molecule has 2 atom stereocenters. The molecule has 1 amide bonds. The van der Waals surface area contributed by atoms with Crippen molar-refractivity contribution in [2.24, 2.45) is 0 Å². The molecular formula is C18H25NO5S. The standard InChI is InChI=1S/C18H25NO5S/c1-5-19(16-8-9-25(22,23)11-16)17(20)14(4)24-18(21)15-7-6-12(2)13(3)10-15/h6-7,10,14,16H,5,8-9,11H2,1-4H3. The van der Waals surface area contributed by atoms with Crippen LogP contribution in [0.1, 0.15) is 41.8 Å². The molecule has 1 aromatic carbocycles. The Hall–Kier alpha value is -1.89. The molecule has 2 rings (SSSR count). The molecule has 1 fully saturated rings. The number of amides is 1. The van der Waals surface area contributed by atoms with E-state index in [0.29, 0.717) is 18.5 Å². The molecule has 0 saturated carbocycles. The SMILES string of the molecule is CCN(C(=O)C(C)OC(=O)c1ccc(C)c(C)c1)C1CCS(=O)(=O)C1. The third-order valence-electron chi connectivity index (χ3n) is 4.65. The van der Waals surface area contributed by atoms with Gasteiger partial charge in [0.1, 0.15) is 0 Å². The molecule has 138 valence electrons. The molecule has 0 spiro atoms. The average molecular weight is 367 g/mol. The molecule has 0 aliphatic carbocycles. The fourth-order valence-electron chi connectivity index (χ4n) is 3.00. The van der Waals surface area contributed by atoms with E-state index in [9.17, 15) is 18.0 Å². The number of likely N-dealkylation sites (N-methyl/N-ethyl adjacent to an activating group) is 1. The van der Waals surface area contributed by atoms with Gasteiger partial charge in [-0.15, -0.1) is 0 Å². The van der Waals surface area contributed by atoms with Crippen LogP contribution >= 0.6 is 0 Å². The minimum atomic E-state index is -3.09. The first-order valence-electron chi connectivity index (χ1n) is 8.43. The summed E-state index contributed by atoms with van der Waals surface area (Å²) in [6.45, 7) is 7.55. The summed E-state index contributed by atoms with van der Waals surface area (Å²) in [5, 5.41) is 0. The van der Waals surface area contributed by atoms with Crippen molar-refractivity contribution in [2.75, 3.05) is 18.1 Å². The highest BCUT2D eigenvalue weighted by atomic mass is 32.2. The number of carbonyl (C=O) groups excluding carboxylic acids is 2. The number of esters is 1. The average Bonchev–Trinajstić information content (AvgIpc) is 2.90. The molecule has 7 heteroatoms. The number of hydrogen-bond acceptors (Lipinski definition) is 5. The van der Waals surface area contributed by atoms with Crippen LogP contribution in [0.25, 0.3) is 0 Å². The van der Waals surface area contributed by atoms with Crippen molar-refractivity contribution in [2.45, 2.75) is 46.3 Å². The van der Waals surface area contributed by atoms with Crippen LogP contribution in [0.2, 0.25) is 0 Å². The Morgan fingerprint density at radius 3 is 2.48 bits per heavy atom. The van der Waals surface area contributed by atoms with Gasteiger partial charge in [0.15, 0.2) is 15.9 Å². The fraction of sp³-hybridized carbons (Fsp3) is 0.556. The lowest BCUT2D eigenvalue weighted by molar-refractivity contribution is -0.141. The van der Waals surface area contributed by atoms with E-state index in [4.69, 9.17) is 4.74 Å². The third kappa shape index (κ3) is 4.60. The summed E-state index contributed by atoms with van der Waals surface area (Å²) in [6, 6.07) is 4.89. The van der Waals surface area contributed by atoms with Gasteiger partial charge in [-0.05, 0) is 57.4 Å². The van der Waals surface area contributed by atoms with Gasteiger partial charge in [-0.3, -0.25) is 4.79 Å². The highest BCUT2D eigenvalue weighted by Gasteiger charge is 2.36. The topological polar surface area (TPSA) is 80.8 Å². The Kier molecular flexibility index (Phi) is 5.87. The number of aryl methyl sites for hydroxylation is 2. The van der Waals surface area contributed by atoms with E-state index in [1.165, 1.54) is 11.8 Å². The van der Waals surface area contributed by atoms with E-state index in [1.807, 2.05) is 19.9 Å². The van der Waals surface area contributed by atoms with Crippen molar-refractivity contribution >= 4 is 21.7 Å². The van der Waals surface area contributed by atoms with E-state index in [2.05, 4.69) is 0 Å². The van der Waals surface area contributed by atoms with Crippen molar-refractivity contribution in [3.63, 3.8) is 0 Å². The summed E-state index contributed by atoms with van der Waals surface area (Å²) >= 11 is 0. The summed E-state index contributed by atoms with van der Waals surface area (Å²) in [5.41, 5.74) is 2.44. The largest absolute Gasteiger partial charge is 0.449 e. The first kappa shape index (κ1) is 19.4. The van der Waals surface area contributed by atoms with Gasteiger partial charge in [-0.2, -0.15) is 0 Å². The first-order valence-corrected chi connectivity index (χ1v) is 10.3. The van der Waals surface area contributed by atoms with E-state index in [0.717, 1.165) is 11.1 Å². The molecule has 1 saturated heterocycles. The van der Waals surface area contributed by atoms with Gasteiger partial charge in [-0.25, -0.2) is 13.2 Å². The number of nitrogens with zero attached hydrogens (tertiary/aromatic N) is 1. The summed E-state index contributed by atoms with van der Waals surface area (Å²) in [7, 11) is -3.09. The molecule has 1 aliphatic rings. The van der Waals surface area contributed by atoms with Gasteiger partial charge < -0.3 is 9.64 Å². The van der Waals surface area contributed by atoms with Gasteiger partial charge in [0.25, 0.3) is 5.91 Å². The number of carbonyl (C=O) groups is 2. The van der Waals surface area contributed by atoms with Crippen molar-refractivity contribution in [3.8, 4) is 0 Å². The summed E-state index contributed by atoms with van der Waals surface area (Å²) < 4.78 is 28.6. The van der Waals surface area contributed by atoms with Crippen molar-refractivity contribution in [3.05, 3.63) is 34.9 Å². The minimum absolute atomic E-state index is 0.0234. The second-order valence-electron chi connectivity index (χ2n) is 6.53. The smallest absolute Gasteiger partial charge is 0.338 e. The second kappa shape index (κ2) is 7.56. The van der Waals surface area contributed by atoms with Crippen molar-refractivity contribution in [1.29, 1.82) is 0 Å². The van der Waals surface area contributed by atoms with Crippen LogP contribution in [0.4, 0.5) is 0 Å². The Morgan fingerprint density at radius 2 is 1.96 bits per heavy atom. The maximum atomic E-state index is 12.6. The molecule has 0 aromatic heterocycles. The number of rotatable bonds is 5. The molecule has 6 nitrogen and oxygen atoms in total. The van der Waals surface area contributed by atoms with Crippen molar-refractivity contribution < 1.29 is 22.7 Å². The molecule has 1 aromatic rings. The van der Waals surface area contributed by atoms with Crippen LogP contribution in [-0.4, -0.2) is 55.4 Å². The summed E-state index contributed by atoms with van der Waals surface area (Å²) in [5.74, 6) is -0.844. The Morgan fingerprint density at radius 1 is 1.28 bits per heavy atom. The highest BCUT2D eigenvalue weighted by molar-refractivity contribution is 7.91. The lowest BCUT2D eigenvalue weighted by Gasteiger charge is -2.29. The molecule has 0 bridgehead atoms. The van der Waals surface area contributed by atoms with Crippen LogP contribution in [-0.2, 0) is 19.4 Å². The number of benzene rings is 1. The van der Waals surface area contributed by atoms with E-state index < -0.39 is 21.9 Å². The fourth-order valence-corrected chi connectivity index (χ4v) is 4.73.